The van der Waals surface area contributed by atoms with Crippen molar-refractivity contribution in [1.29, 1.82) is 0 Å². The number of nitrogens with one attached hydrogen (secondary N) is 1. The van der Waals surface area contributed by atoms with E-state index in [0.29, 0.717) is 22.5 Å². The average molecular weight is 363 g/mol. The first-order chi connectivity index (χ1) is 12.1. The molecule has 6 nitrogen and oxygen atoms in total. The normalized spacial score (nSPS) is 15.2. The summed E-state index contributed by atoms with van der Waals surface area (Å²) in [5.41, 5.74) is 0.545. The topological polar surface area (TPSA) is 85.8 Å². The molecule has 8 heteroatoms. The highest BCUT2D eigenvalue weighted by atomic mass is 32.2. The number of nitrogens with zero attached hydrogens (tertiary/aromatic N) is 3. The van der Waals surface area contributed by atoms with Crippen LogP contribution in [0.3, 0.4) is 0 Å². The number of aromatic nitrogens is 3. The molecule has 0 atom stereocenters. The first-order valence-electron chi connectivity index (χ1n) is 8.49. The van der Waals surface area contributed by atoms with E-state index in [2.05, 4.69) is 15.5 Å². The minimum atomic E-state index is -0.364. The summed E-state index contributed by atoms with van der Waals surface area (Å²) in [5.74, 6) is 6.77. The summed E-state index contributed by atoms with van der Waals surface area (Å²) in [6, 6.07) is 6.00. The van der Waals surface area contributed by atoms with Gasteiger partial charge in [-0.3, -0.25) is 4.79 Å². The van der Waals surface area contributed by atoms with Gasteiger partial charge in [0.25, 0.3) is 0 Å². The molecule has 1 aromatic heterocycles. The number of hydrogen-bond donors (Lipinski definition) is 2. The monoisotopic (exact) mass is 363 g/mol. The molecule has 3 rings (SSSR count). The van der Waals surface area contributed by atoms with Crippen LogP contribution in [0.2, 0.25) is 0 Å². The molecule has 0 bridgehead atoms. The number of nitrogen functional groups attached to an aromatic ring is 1. The Kier molecular flexibility index (Phi) is 5.91. The van der Waals surface area contributed by atoms with E-state index in [1.807, 2.05) is 0 Å². The lowest BCUT2D eigenvalue weighted by Crippen LogP contribution is -2.31. The van der Waals surface area contributed by atoms with Gasteiger partial charge in [-0.1, -0.05) is 43.2 Å². The number of rotatable bonds is 6. The maximum atomic E-state index is 13.3. The fourth-order valence-electron chi connectivity index (χ4n) is 3.03. The molecule has 134 valence electrons. The molecule has 1 heterocycles. The highest BCUT2D eigenvalue weighted by molar-refractivity contribution is 7.99. The molecule has 1 saturated carbocycles. The van der Waals surface area contributed by atoms with Gasteiger partial charge >= 0.3 is 0 Å². The number of thioether (sulfide) groups is 1. The molecule has 0 radical (unpaired) electrons. The average Bonchev–Trinajstić information content (AvgIpc) is 3.00. The first-order valence-corrected chi connectivity index (χ1v) is 9.48. The number of carbonyl (C=O) groups is 1. The van der Waals surface area contributed by atoms with Crippen LogP contribution in [0, 0.1) is 11.7 Å². The van der Waals surface area contributed by atoms with Crippen LogP contribution >= 0.6 is 11.8 Å². The van der Waals surface area contributed by atoms with Gasteiger partial charge in [-0.25, -0.2) is 9.07 Å². The van der Waals surface area contributed by atoms with Gasteiger partial charge in [0, 0.05) is 12.1 Å². The third kappa shape index (κ3) is 4.72. The van der Waals surface area contributed by atoms with E-state index in [4.69, 9.17) is 5.84 Å². The second-order valence-electron chi connectivity index (χ2n) is 6.28. The molecular weight excluding hydrogens is 341 g/mol. The van der Waals surface area contributed by atoms with Gasteiger partial charge in [0.1, 0.15) is 5.82 Å². The number of amides is 1. The van der Waals surface area contributed by atoms with E-state index in [0.717, 1.165) is 6.54 Å². The quantitative estimate of drug-likeness (QED) is 0.609. The van der Waals surface area contributed by atoms with Gasteiger partial charge < -0.3 is 11.2 Å². The Morgan fingerprint density at radius 1 is 1.32 bits per heavy atom. The third-order valence-electron chi connectivity index (χ3n) is 4.39. The summed E-state index contributed by atoms with van der Waals surface area (Å²) in [4.78, 5) is 12.0. The van der Waals surface area contributed by atoms with Crippen LogP contribution in [-0.4, -0.2) is 33.1 Å². The summed E-state index contributed by atoms with van der Waals surface area (Å²) < 4.78 is 14.6. The highest BCUT2D eigenvalue weighted by Crippen LogP contribution is 2.23. The van der Waals surface area contributed by atoms with E-state index in [1.165, 1.54) is 60.7 Å². The van der Waals surface area contributed by atoms with Crippen LogP contribution in [0.4, 0.5) is 4.39 Å². The highest BCUT2D eigenvalue weighted by Gasteiger charge is 2.16. The smallest absolute Gasteiger partial charge is 0.230 e. The zero-order valence-electron chi connectivity index (χ0n) is 13.9. The van der Waals surface area contributed by atoms with Crippen molar-refractivity contribution in [3.05, 3.63) is 30.1 Å². The Morgan fingerprint density at radius 2 is 2.12 bits per heavy atom. The van der Waals surface area contributed by atoms with Crippen LogP contribution in [0.15, 0.2) is 29.4 Å². The number of carbonyl (C=O) groups excluding carboxylic acids is 1. The predicted octanol–water partition coefficient (Wildman–Crippen LogP) is 2.59. The van der Waals surface area contributed by atoms with E-state index in [1.54, 1.807) is 12.1 Å². The third-order valence-corrected chi connectivity index (χ3v) is 5.34. The van der Waals surface area contributed by atoms with Gasteiger partial charge in [0.05, 0.1) is 5.75 Å². The molecule has 1 fully saturated rings. The Hall–Kier alpha value is -2.09. The van der Waals surface area contributed by atoms with Crippen molar-refractivity contribution in [3.63, 3.8) is 0 Å². The van der Waals surface area contributed by atoms with E-state index < -0.39 is 0 Å². The van der Waals surface area contributed by atoms with Gasteiger partial charge in [0.15, 0.2) is 5.82 Å². The number of nitrogens with two attached hydrogens (primary N) is 1. The second-order valence-corrected chi connectivity index (χ2v) is 7.23. The van der Waals surface area contributed by atoms with Crippen LogP contribution in [-0.2, 0) is 4.79 Å². The minimum absolute atomic E-state index is 0.0362. The Bertz CT molecular complexity index is 730. The molecule has 1 aromatic carbocycles. The SMILES string of the molecule is Nn1c(SCC(=O)NCC2CCCCC2)nnc1-c1cccc(F)c1. The van der Waals surface area contributed by atoms with Gasteiger partial charge in [0.2, 0.25) is 11.1 Å². The summed E-state index contributed by atoms with van der Waals surface area (Å²) in [6.45, 7) is 0.739. The van der Waals surface area contributed by atoms with Crippen LogP contribution < -0.4 is 11.2 Å². The zero-order valence-corrected chi connectivity index (χ0v) is 14.8. The van der Waals surface area contributed by atoms with E-state index in [-0.39, 0.29) is 17.5 Å². The van der Waals surface area contributed by atoms with Crippen LogP contribution in [0.25, 0.3) is 11.4 Å². The number of hydrogen-bond acceptors (Lipinski definition) is 5. The lowest BCUT2D eigenvalue weighted by Gasteiger charge is -2.21. The minimum Gasteiger partial charge on any atom is -0.355 e. The predicted molar refractivity (Wildman–Crippen MR) is 95.9 cm³/mol. The summed E-state index contributed by atoms with van der Waals surface area (Å²) in [7, 11) is 0. The fraction of sp³-hybridized carbons (Fsp3) is 0.471. The standard InChI is InChI=1S/C17H22FN5OS/c18-14-8-4-7-13(9-14)16-21-22-17(23(16)19)25-11-15(24)20-10-12-5-2-1-3-6-12/h4,7-9,12H,1-3,5-6,10-11,19H2,(H,20,24). The Morgan fingerprint density at radius 3 is 2.88 bits per heavy atom. The van der Waals surface area contributed by atoms with Gasteiger partial charge in [-0.05, 0) is 30.9 Å². The van der Waals surface area contributed by atoms with Crippen LogP contribution in [0.5, 0.6) is 0 Å². The largest absolute Gasteiger partial charge is 0.355 e. The summed E-state index contributed by atoms with van der Waals surface area (Å²) in [6.07, 6.45) is 6.21. The fourth-order valence-corrected chi connectivity index (χ4v) is 3.72. The van der Waals surface area contributed by atoms with E-state index >= 15 is 0 Å². The molecular formula is C17H22FN5OS. The molecule has 1 aliphatic carbocycles. The second kappa shape index (κ2) is 8.33. The first kappa shape index (κ1) is 17.7. The molecule has 2 aromatic rings. The Balaban J connectivity index is 1.52. The lowest BCUT2D eigenvalue weighted by molar-refractivity contribution is -0.118. The Labute approximate surface area is 150 Å². The molecule has 0 saturated heterocycles. The van der Waals surface area contributed by atoms with E-state index in [9.17, 15) is 9.18 Å². The van der Waals surface area contributed by atoms with Crippen molar-refractivity contribution in [2.75, 3.05) is 18.1 Å². The number of benzene rings is 1. The molecule has 0 aliphatic heterocycles. The van der Waals surface area contributed by atoms with Crippen LogP contribution in [0.1, 0.15) is 32.1 Å². The molecule has 3 N–H and O–H groups in total. The maximum absolute atomic E-state index is 13.3. The molecule has 0 spiro atoms. The molecule has 1 amide bonds. The molecule has 1 aliphatic rings. The lowest BCUT2D eigenvalue weighted by atomic mass is 9.89. The van der Waals surface area contributed by atoms with Crippen molar-refractivity contribution < 1.29 is 9.18 Å². The van der Waals surface area contributed by atoms with Gasteiger partial charge in [-0.15, -0.1) is 10.2 Å². The maximum Gasteiger partial charge on any atom is 0.230 e. The number of halogens is 1. The van der Waals surface area contributed by atoms with Crippen molar-refractivity contribution in [2.24, 2.45) is 5.92 Å². The zero-order chi connectivity index (χ0) is 17.6. The summed E-state index contributed by atoms with van der Waals surface area (Å²) in [5, 5.41) is 11.4. The van der Waals surface area contributed by atoms with Crippen molar-refractivity contribution >= 4 is 17.7 Å². The molecule has 0 unspecified atom stereocenters. The summed E-state index contributed by atoms with van der Waals surface area (Å²) >= 11 is 1.22. The van der Waals surface area contributed by atoms with Crippen molar-refractivity contribution in [3.8, 4) is 11.4 Å². The van der Waals surface area contributed by atoms with Crippen molar-refractivity contribution in [2.45, 2.75) is 37.3 Å². The molecule has 25 heavy (non-hydrogen) atoms. The van der Waals surface area contributed by atoms with Gasteiger partial charge in [-0.2, -0.15) is 0 Å². The van der Waals surface area contributed by atoms with Crippen molar-refractivity contribution in [1.82, 2.24) is 20.2 Å².